The zero-order valence-electron chi connectivity index (χ0n) is 13.2. The normalized spacial score (nSPS) is 29.0. The largest absolute Gasteiger partial charge is 0.396 e. The number of benzene rings is 2. The number of rotatable bonds is 3. The van der Waals surface area contributed by atoms with Crippen molar-refractivity contribution >= 4 is 28.9 Å². The first-order valence-corrected chi connectivity index (χ1v) is 8.99. The van der Waals surface area contributed by atoms with E-state index in [-0.39, 0.29) is 24.2 Å². The van der Waals surface area contributed by atoms with Gasteiger partial charge in [-0.3, -0.25) is 4.84 Å². The molecule has 0 radical (unpaired) electrons. The molecule has 126 valence electrons. The Morgan fingerprint density at radius 2 is 1.92 bits per heavy atom. The minimum absolute atomic E-state index is 0.0113. The van der Waals surface area contributed by atoms with E-state index in [0.717, 1.165) is 30.5 Å². The average Bonchev–Trinajstić information content (AvgIpc) is 3.15. The lowest BCUT2D eigenvalue weighted by Gasteiger charge is -2.35. The Morgan fingerprint density at radius 1 is 1.12 bits per heavy atom. The number of halogens is 2. The Hall–Kier alpha value is -1.26. The van der Waals surface area contributed by atoms with Crippen LogP contribution >= 0.6 is 23.2 Å². The van der Waals surface area contributed by atoms with Gasteiger partial charge in [-0.25, -0.2) is 5.06 Å². The summed E-state index contributed by atoms with van der Waals surface area (Å²) in [6.45, 7) is 0.0640. The first-order valence-electron chi connectivity index (χ1n) is 8.23. The maximum absolute atomic E-state index is 10.3. The van der Waals surface area contributed by atoms with Gasteiger partial charge in [0.25, 0.3) is 0 Å². The third-order valence-electron chi connectivity index (χ3n) is 5.35. The lowest BCUT2D eigenvalue weighted by molar-refractivity contribution is 0.0280. The highest BCUT2D eigenvalue weighted by molar-refractivity contribution is 6.42. The Labute approximate surface area is 151 Å². The number of aliphatic hydroxyl groups is 1. The van der Waals surface area contributed by atoms with E-state index in [1.807, 2.05) is 47.5 Å². The smallest absolute Gasteiger partial charge is 0.0959 e. The highest BCUT2D eigenvalue weighted by Gasteiger charge is 2.59. The molecule has 1 heterocycles. The van der Waals surface area contributed by atoms with E-state index in [2.05, 4.69) is 0 Å². The fourth-order valence-electron chi connectivity index (χ4n) is 4.19. The molecule has 2 fully saturated rings. The second kappa shape index (κ2) is 6.23. The molecule has 0 aromatic heterocycles. The second-order valence-electron chi connectivity index (χ2n) is 6.58. The number of aliphatic hydroxyl groups excluding tert-OH is 1. The number of para-hydroxylation sites is 1. The Morgan fingerprint density at radius 3 is 2.67 bits per heavy atom. The minimum atomic E-state index is -0.357. The van der Waals surface area contributed by atoms with Crippen molar-refractivity contribution in [3.05, 3.63) is 64.1 Å². The number of hydroxylamine groups is 1. The molecule has 2 aromatic rings. The van der Waals surface area contributed by atoms with E-state index in [1.165, 1.54) is 0 Å². The second-order valence-corrected chi connectivity index (χ2v) is 7.37. The molecule has 0 amide bonds. The van der Waals surface area contributed by atoms with Gasteiger partial charge in [-0.1, -0.05) is 53.5 Å². The van der Waals surface area contributed by atoms with E-state index >= 15 is 0 Å². The van der Waals surface area contributed by atoms with Gasteiger partial charge in [-0.2, -0.15) is 0 Å². The van der Waals surface area contributed by atoms with Gasteiger partial charge >= 0.3 is 0 Å². The molecule has 3 nitrogen and oxygen atoms in total. The summed E-state index contributed by atoms with van der Waals surface area (Å²) in [4.78, 5) is 6.30. The van der Waals surface area contributed by atoms with Crippen LogP contribution in [0.1, 0.15) is 30.9 Å². The predicted molar refractivity (Wildman–Crippen MR) is 96.4 cm³/mol. The monoisotopic (exact) mass is 363 g/mol. The number of fused-ring (bicyclic) bond motifs is 1. The molecule has 0 unspecified atom stereocenters. The van der Waals surface area contributed by atoms with Crippen molar-refractivity contribution in [2.45, 2.75) is 31.4 Å². The maximum atomic E-state index is 10.3. The molecule has 1 saturated heterocycles. The third kappa shape index (κ3) is 2.34. The van der Waals surface area contributed by atoms with Crippen LogP contribution in [0.4, 0.5) is 5.69 Å². The quantitative estimate of drug-likeness (QED) is 0.830. The van der Waals surface area contributed by atoms with Crippen molar-refractivity contribution in [3.63, 3.8) is 0 Å². The zero-order chi connectivity index (χ0) is 16.7. The van der Waals surface area contributed by atoms with E-state index < -0.39 is 0 Å². The standard InChI is InChI=1S/C19H19Cl2NO2/c20-15-9-4-8-14(17(15)21)18-19(12-23)11-5-10-16(19)24-22(18)13-6-2-1-3-7-13/h1-4,6-9,16,18,23H,5,10-12H2/t16-,18+,19-/m0/s1. The molecule has 2 aromatic carbocycles. The maximum Gasteiger partial charge on any atom is 0.0959 e. The summed E-state index contributed by atoms with van der Waals surface area (Å²) >= 11 is 12.8. The van der Waals surface area contributed by atoms with Crippen LogP contribution in [0.5, 0.6) is 0 Å². The molecular formula is C19H19Cl2NO2. The van der Waals surface area contributed by atoms with Crippen LogP contribution in [0.25, 0.3) is 0 Å². The van der Waals surface area contributed by atoms with E-state index in [4.69, 9.17) is 28.0 Å². The fraction of sp³-hybridized carbons (Fsp3) is 0.368. The first kappa shape index (κ1) is 16.2. The summed E-state index contributed by atoms with van der Waals surface area (Å²) in [7, 11) is 0. The fourth-order valence-corrected chi connectivity index (χ4v) is 4.60. The van der Waals surface area contributed by atoms with Gasteiger partial charge in [0, 0.05) is 5.41 Å². The SMILES string of the molecule is OC[C@@]12CCC[C@@H]1ON(c1ccccc1)[C@@H]2c1cccc(Cl)c1Cl. The van der Waals surface area contributed by atoms with Crippen LogP contribution in [0.2, 0.25) is 10.0 Å². The minimum Gasteiger partial charge on any atom is -0.396 e. The summed E-state index contributed by atoms with van der Waals surface area (Å²) in [5, 5.41) is 13.3. The molecule has 2 aliphatic rings. The van der Waals surface area contributed by atoms with Crippen molar-refractivity contribution in [3.8, 4) is 0 Å². The Balaban J connectivity index is 1.88. The van der Waals surface area contributed by atoms with Gasteiger partial charge < -0.3 is 5.11 Å². The van der Waals surface area contributed by atoms with Crippen LogP contribution in [-0.4, -0.2) is 17.8 Å². The molecule has 4 rings (SSSR count). The average molecular weight is 364 g/mol. The van der Waals surface area contributed by atoms with E-state index in [0.29, 0.717) is 10.0 Å². The van der Waals surface area contributed by atoms with Crippen LogP contribution in [0.3, 0.4) is 0 Å². The Kier molecular flexibility index (Phi) is 4.21. The molecule has 24 heavy (non-hydrogen) atoms. The third-order valence-corrected chi connectivity index (χ3v) is 6.18. The van der Waals surface area contributed by atoms with Crippen LogP contribution < -0.4 is 5.06 Å². The van der Waals surface area contributed by atoms with Crippen molar-refractivity contribution in [1.82, 2.24) is 0 Å². The van der Waals surface area contributed by atoms with Crippen LogP contribution in [0, 0.1) is 5.41 Å². The van der Waals surface area contributed by atoms with Gasteiger partial charge in [0.15, 0.2) is 0 Å². The molecule has 3 atom stereocenters. The van der Waals surface area contributed by atoms with Gasteiger partial charge in [0.1, 0.15) is 0 Å². The summed E-state index contributed by atoms with van der Waals surface area (Å²) in [5.41, 5.74) is 1.51. The topological polar surface area (TPSA) is 32.7 Å². The van der Waals surface area contributed by atoms with E-state index in [9.17, 15) is 5.11 Å². The lowest BCUT2D eigenvalue weighted by Crippen LogP contribution is -2.37. The zero-order valence-corrected chi connectivity index (χ0v) is 14.7. The highest BCUT2D eigenvalue weighted by atomic mass is 35.5. The van der Waals surface area contributed by atoms with Gasteiger partial charge in [0.2, 0.25) is 0 Å². The highest BCUT2D eigenvalue weighted by Crippen LogP contribution is 2.58. The molecule has 1 N–H and O–H groups in total. The van der Waals surface area contributed by atoms with Crippen molar-refractivity contribution < 1.29 is 9.94 Å². The van der Waals surface area contributed by atoms with Gasteiger partial charge in [-0.05, 0) is 43.0 Å². The Bertz CT molecular complexity index is 739. The first-order chi connectivity index (χ1) is 11.7. The van der Waals surface area contributed by atoms with Crippen molar-refractivity contribution in [2.24, 2.45) is 5.41 Å². The molecule has 0 bridgehead atoms. The van der Waals surface area contributed by atoms with E-state index in [1.54, 1.807) is 6.07 Å². The molecule has 1 saturated carbocycles. The lowest BCUT2D eigenvalue weighted by atomic mass is 9.75. The summed E-state index contributed by atoms with van der Waals surface area (Å²) in [6.07, 6.45) is 2.88. The van der Waals surface area contributed by atoms with Crippen LogP contribution in [-0.2, 0) is 4.84 Å². The number of hydrogen-bond donors (Lipinski definition) is 1. The van der Waals surface area contributed by atoms with Crippen LogP contribution in [0.15, 0.2) is 48.5 Å². The molecule has 0 spiro atoms. The number of anilines is 1. The van der Waals surface area contributed by atoms with Crippen molar-refractivity contribution in [2.75, 3.05) is 11.7 Å². The summed E-state index contributed by atoms with van der Waals surface area (Å²) in [5.74, 6) is 0. The number of nitrogens with zero attached hydrogens (tertiary/aromatic N) is 1. The summed E-state index contributed by atoms with van der Waals surface area (Å²) in [6, 6.07) is 15.5. The van der Waals surface area contributed by atoms with Gasteiger partial charge in [0.05, 0.1) is 34.5 Å². The van der Waals surface area contributed by atoms with Gasteiger partial charge in [-0.15, -0.1) is 0 Å². The van der Waals surface area contributed by atoms with Crippen molar-refractivity contribution in [1.29, 1.82) is 0 Å². The number of hydrogen-bond acceptors (Lipinski definition) is 3. The molecule has 5 heteroatoms. The predicted octanol–water partition coefficient (Wildman–Crippen LogP) is 5.02. The molecular weight excluding hydrogens is 345 g/mol. The summed E-state index contributed by atoms with van der Waals surface area (Å²) < 4.78 is 0. The molecule has 1 aliphatic heterocycles. The molecule has 1 aliphatic carbocycles.